The minimum atomic E-state index is -4.47. The fourth-order valence-electron chi connectivity index (χ4n) is 4.10. The fraction of sp³-hybridized carbons (Fsp3) is 0.318. The molecule has 5 rings (SSSR count). The monoisotopic (exact) mass is 478 g/mol. The Morgan fingerprint density at radius 2 is 2.06 bits per heavy atom. The van der Waals surface area contributed by atoms with E-state index in [1.165, 1.54) is 16.5 Å². The molecule has 0 spiro atoms. The van der Waals surface area contributed by atoms with Gasteiger partial charge in [0.2, 0.25) is 12.7 Å². The lowest BCUT2D eigenvalue weighted by Gasteiger charge is -2.31. The number of carbonyl (C=O) groups is 1. The van der Waals surface area contributed by atoms with E-state index in [4.69, 9.17) is 21.1 Å². The summed E-state index contributed by atoms with van der Waals surface area (Å²) >= 11 is 6.18. The highest BCUT2D eigenvalue weighted by molar-refractivity contribution is 6.32. The van der Waals surface area contributed by atoms with E-state index in [9.17, 15) is 18.0 Å². The zero-order valence-corrected chi connectivity index (χ0v) is 17.9. The SMILES string of the molecule is O=C(/C=C/c1cc(Cl)c2c(c1)OCO2)N1CCCC(c2nnc3ccc(C(F)(F)F)cn23)C1. The van der Waals surface area contributed by atoms with Crippen LogP contribution in [0.1, 0.15) is 35.7 Å². The number of nitrogens with zero attached hydrogens (tertiary/aromatic N) is 4. The van der Waals surface area contributed by atoms with Crippen molar-refractivity contribution in [2.45, 2.75) is 24.9 Å². The van der Waals surface area contributed by atoms with Crippen molar-refractivity contribution in [2.24, 2.45) is 0 Å². The van der Waals surface area contributed by atoms with Crippen molar-refractivity contribution >= 4 is 29.2 Å². The Morgan fingerprint density at radius 1 is 1.21 bits per heavy atom. The molecule has 0 N–H and O–H groups in total. The fourth-order valence-corrected chi connectivity index (χ4v) is 4.37. The van der Waals surface area contributed by atoms with Gasteiger partial charge in [0.15, 0.2) is 17.1 Å². The van der Waals surface area contributed by atoms with E-state index < -0.39 is 11.7 Å². The Balaban J connectivity index is 1.33. The van der Waals surface area contributed by atoms with E-state index in [1.807, 2.05) is 0 Å². The molecule has 11 heteroatoms. The van der Waals surface area contributed by atoms with Gasteiger partial charge in [-0.1, -0.05) is 11.6 Å². The van der Waals surface area contributed by atoms with Gasteiger partial charge in [0.1, 0.15) is 5.82 Å². The molecule has 1 amide bonds. The predicted molar refractivity (Wildman–Crippen MR) is 113 cm³/mol. The van der Waals surface area contributed by atoms with Gasteiger partial charge in [0, 0.05) is 31.3 Å². The van der Waals surface area contributed by atoms with Crippen LogP contribution in [0.25, 0.3) is 11.7 Å². The van der Waals surface area contributed by atoms with Crippen LogP contribution in [0.5, 0.6) is 11.5 Å². The molecule has 1 unspecified atom stereocenters. The topological polar surface area (TPSA) is 69.0 Å². The van der Waals surface area contributed by atoms with Gasteiger partial charge < -0.3 is 14.4 Å². The van der Waals surface area contributed by atoms with Crippen LogP contribution in [-0.4, -0.2) is 45.3 Å². The largest absolute Gasteiger partial charge is 0.454 e. The third kappa shape index (κ3) is 4.22. The number of amides is 1. The number of ether oxygens (including phenoxy) is 2. The summed E-state index contributed by atoms with van der Waals surface area (Å²) in [6.07, 6.45) is 1.03. The maximum atomic E-state index is 13.1. The molecule has 1 fully saturated rings. The first-order valence-electron chi connectivity index (χ1n) is 10.3. The van der Waals surface area contributed by atoms with Crippen molar-refractivity contribution in [3.8, 4) is 11.5 Å². The number of pyridine rings is 1. The van der Waals surface area contributed by atoms with Gasteiger partial charge in [0.25, 0.3) is 0 Å². The van der Waals surface area contributed by atoms with Crippen LogP contribution in [0.2, 0.25) is 5.02 Å². The van der Waals surface area contributed by atoms with Crippen molar-refractivity contribution < 1.29 is 27.4 Å². The van der Waals surface area contributed by atoms with Crippen molar-refractivity contribution in [3.63, 3.8) is 0 Å². The van der Waals surface area contributed by atoms with Gasteiger partial charge in [-0.05, 0) is 48.7 Å². The van der Waals surface area contributed by atoms with E-state index >= 15 is 0 Å². The number of alkyl halides is 3. The average Bonchev–Trinajstić information content (AvgIpc) is 3.44. The number of rotatable bonds is 3. The normalized spacial score (nSPS) is 18.4. The van der Waals surface area contributed by atoms with Crippen LogP contribution in [0.4, 0.5) is 13.2 Å². The van der Waals surface area contributed by atoms with Crippen LogP contribution < -0.4 is 9.47 Å². The Kier molecular flexibility index (Phi) is 5.40. The van der Waals surface area contributed by atoms with Crippen LogP contribution in [0.3, 0.4) is 0 Å². The predicted octanol–water partition coefficient (Wildman–Crippen LogP) is 4.55. The number of aromatic nitrogens is 3. The van der Waals surface area contributed by atoms with Crippen molar-refractivity contribution in [1.82, 2.24) is 19.5 Å². The molecule has 1 saturated heterocycles. The lowest BCUT2D eigenvalue weighted by Crippen LogP contribution is -2.38. The second kappa shape index (κ2) is 8.26. The smallest absolute Gasteiger partial charge is 0.417 e. The van der Waals surface area contributed by atoms with Crippen LogP contribution in [0.15, 0.2) is 36.5 Å². The van der Waals surface area contributed by atoms with E-state index in [1.54, 1.807) is 23.1 Å². The summed E-state index contributed by atoms with van der Waals surface area (Å²) in [6, 6.07) is 5.69. The minimum Gasteiger partial charge on any atom is -0.454 e. The molecule has 1 atom stereocenters. The van der Waals surface area contributed by atoms with Gasteiger partial charge >= 0.3 is 6.18 Å². The lowest BCUT2D eigenvalue weighted by molar-refractivity contribution is -0.137. The third-order valence-electron chi connectivity index (χ3n) is 5.72. The first-order chi connectivity index (χ1) is 15.8. The molecule has 4 heterocycles. The van der Waals surface area contributed by atoms with Crippen LogP contribution in [-0.2, 0) is 11.0 Å². The quantitative estimate of drug-likeness (QED) is 0.517. The molecule has 2 aliphatic heterocycles. The van der Waals surface area contributed by atoms with E-state index in [-0.39, 0.29) is 18.6 Å². The number of halogens is 4. The van der Waals surface area contributed by atoms with Crippen LogP contribution in [0, 0.1) is 0 Å². The lowest BCUT2D eigenvalue weighted by atomic mass is 9.97. The molecule has 3 aromatic rings. The standard InChI is InChI=1S/C22H18ClF3N4O3/c23-16-8-13(9-17-20(16)33-12-32-17)3-6-19(31)29-7-1-2-14(10-29)21-28-27-18-5-4-15(11-30(18)21)22(24,25)26/h3-6,8-9,11,14H,1-2,7,10,12H2/b6-3+. The van der Waals surface area contributed by atoms with Gasteiger partial charge in [-0.2, -0.15) is 13.2 Å². The molecule has 2 aromatic heterocycles. The zero-order valence-electron chi connectivity index (χ0n) is 17.2. The molecular weight excluding hydrogens is 461 g/mol. The highest BCUT2D eigenvalue weighted by atomic mass is 35.5. The molecule has 172 valence electrons. The van der Waals surface area contributed by atoms with E-state index in [2.05, 4.69) is 10.2 Å². The highest BCUT2D eigenvalue weighted by Gasteiger charge is 2.32. The maximum absolute atomic E-state index is 13.1. The summed E-state index contributed by atoms with van der Waals surface area (Å²) in [5.41, 5.74) is 0.250. The van der Waals surface area contributed by atoms with Crippen molar-refractivity contribution in [2.75, 3.05) is 19.9 Å². The second-order valence-corrected chi connectivity index (χ2v) is 8.30. The van der Waals surface area contributed by atoms with Gasteiger partial charge in [-0.15, -0.1) is 10.2 Å². The summed E-state index contributed by atoms with van der Waals surface area (Å²) in [4.78, 5) is 14.5. The second-order valence-electron chi connectivity index (χ2n) is 7.90. The molecule has 7 nitrogen and oxygen atoms in total. The first kappa shape index (κ1) is 21.6. The third-order valence-corrected chi connectivity index (χ3v) is 6.00. The molecule has 0 saturated carbocycles. The van der Waals surface area contributed by atoms with Gasteiger partial charge in [0.05, 0.1) is 10.6 Å². The Bertz CT molecular complexity index is 1260. The maximum Gasteiger partial charge on any atom is 0.417 e. The number of carbonyl (C=O) groups excluding carboxylic acids is 1. The molecule has 0 bridgehead atoms. The van der Waals surface area contributed by atoms with Crippen molar-refractivity contribution in [1.29, 1.82) is 0 Å². The number of likely N-dealkylation sites (tertiary alicyclic amines) is 1. The molecule has 0 aliphatic carbocycles. The Labute approximate surface area is 191 Å². The molecular formula is C22H18ClF3N4O3. The highest BCUT2D eigenvalue weighted by Crippen LogP contribution is 2.40. The van der Waals surface area contributed by atoms with Crippen molar-refractivity contribution in [3.05, 3.63) is 58.5 Å². The van der Waals surface area contributed by atoms with Gasteiger partial charge in [-0.3, -0.25) is 9.20 Å². The summed E-state index contributed by atoms with van der Waals surface area (Å²) in [6.45, 7) is 0.978. The molecule has 33 heavy (non-hydrogen) atoms. The average molecular weight is 479 g/mol. The Hall–Kier alpha value is -3.27. The molecule has 1 aromatic carbocycles. The van der Waals surface area contributed by atoms with E-state index in [0.717, 1.165) is 12.3 Å². The number of hydrogen-bond acceptors (Lipinski definition) is 5. The van der Waals surface area contributed by atoms with Gasteiger partial charge in [-0.25, -0.2) is 0 Å². The van der Waals surface area contributed by atoms with Crippen LogP contribution >= 0.6 is 11.6 Å². The number of benzene rings is 1. The zero-order chi connectivity index (χ0) is 23.2. The number of hydrogen-bond donors (Lipinski definition) is 0. The van der Waals surface area contributed by atoms with E-state index in [0.29, 0.717) is 59.5 Å². The molecule has 0 radical (unpaired) electrons. The summed E-state index contributed by atoms with van der Waals surface area (Å²) in [5.74, 6) is 0.978. The number of piperidine rings is 1. The summed E-state index contributed by atoms with van der Waals surface area (Å²) in [5, 5.41) is 8.51. The number of fused-ring (bicyclic) bond motifs is 2. The minimum absolute atomic E-state index is 0.0953. The summed E-state index contributed by atoms with van der Waals surface area (Å²) in [7, 11) is 0. The molecule has 2 aliphatic rings. The Morgan fingerprint density at radius 3 is 2.88 bits per heavy atom. The first-order valence-corrected chi connectivity index (χ1v) is 10.7. The summed E-state index contributed by atoms with van der Waals surface area (Å²) < 4.78 is 51.4.